The number of ether oxygens (including phenoxy) is 1. The second-order valence-corrected chi connectivity index (χ2v) is 7.47. The van der Waals surface area contributed by atoms with Crippen molar-refractivity contribution in [2.75, 3.05) is 7.11 Å². The molecule has 2 aromatic rings. The first-order chi connectivity index (χ1) is 11.7. The number of benzene rings is 2. The maximum absolute atomic E-state index is 13.2. The van der Waals surface area contributed by atoms with Gasteiger partial charge < -0.3 is 4.74 Å². The fraction of sp³-hybridized carbons (Fsp3) is 0.364. The fourth-order valence-electron chi connectivity index (χ4n) is 3.09. The summed E-state index contributed by atoms with van der Waals surface area (Å²) in [6.07, 6.45) is 0. The Hall–Kier alpha value is -2.42. The van der Waals surface area contributed by atoms with E-state index < -0.39 is 11.9 Å². The highest BCUT2D eigenvalue weighted by atomic mass is 16.5. The van der Waals surface area contributed by atoms with Crippen molar-refractivity contribution in [3.05, 3.63) is 70.3 Å². The van der Waals surface area contributed by atoms with Crippen LogP contribution in [0, 0.1) is 13.8 Å². The summed E-state index contributed by atoms with van der Waals surface area (Å²) in [6.45, 7) is 10.3. The maximum Gasteiger partial charge on any atom is 0.321 e. The number of Topliss-reactive ketones (excluding diaryl/α,β-unsaturated/α-hetero) is 1. The summed E-state index contributed by atoms with van der Waals surface area (Å²) in [5, 5.41) is 0. The van der Waals surface area contributed by atoms with Gasteiger partial charge in [0.1, 0.15) is 5.92 Å². The number of ketones is 1. The summed E-state index contributed by atoms with van der Waals surface area (Å²) in [7, 11) is 1.31. The van der Waals surface area contributed by atoms with Crippen molar-refractivity contribution < 1.29 is 14.3 Å². The first-order valence-corrected chi connectivity index (χ1v) is 8.45. The molecule has 0 aliphatic carbocycles. The molecule has 0 bridgehead atoms. The highest BCUT2D eigenvalue weighted by Crippen LogP contribution is 2.30. The molecule has 3 nitrogen and oxygen atoms in total. The molecule has 25 heavy (non-hydrogen) atoms. The van der Waals surface area contributed by atoms with Gasteiger partial charge in [-0.2, -0.15) is 0 Å². The van der Waals surface area contributed by atoms with E-state index in [-0.39, 0.29) is 11.2 Å². The molecule has 0 saturated carbocycles. The van der Waals surface area contributed by atoms with E-state index >= 15 is 0 Å². The van der Waals surface area contributed by atoms with Crippen molar-refractivity contribution in [2.24, 2.45) is 0 Å². The Balaban J connectivity index is 2.56. The smallest absolute Gasteiger partial charge is 0.321 e. The van der Waals surface area contributed by atoms with E-state index in [0.29, 0.717) is 11.1 Å². The largest absolute Gasteiger partial charge is 0.468 e. The quantitative estimate of drug-likeness (QED) is 0.459. The van der Waals surface area contributed by atoms with Crippen LogP contribution in [-0.2, 0) is 14.9 Å². The molecule has 2 rings (SSSR count). The highest BCUT2D eigenvalue weighted by Gasteiger charge is 2.32. The third-order valence-electron chi connectivity index (χ3n) is 4.48. The molecule has 0 saturated heterocycles. The number of carbonyl (C=O) groups is 2. The second-order valence-electron chi connectivity index (χ2n) is 7.47. The monoisotopic (exact) mass is 338 g/mol. The lowest BCUT2D eigenvalue weighted by Crippen LogP contribution is -2.25. The molecule has 1 atom stereocenters. The second kappa shape index (κ2) is 7.22. The van der Waals surface area contributed by atoms with Crippen LogP contribution in [0.4, 0.5) is 0 Å². The van der Waals surface area contributed by atoms with Crippen molar-refractivity contribution in [2.45, 2.75) is 46.0 Å². The summed E-state index contributed by atoms with van der Waals surface area (Å²) in [5.74, 6) is -1.69. The average Bonchev–Trinajstić information content (AvgIpc) is 2.54. The van der Waals surface area contributed by atoms with Gasteiger partial charge >= 0.3 is 5.97 Å². The van der Waals surface area contributed by atoms with Gasteiger partial charge in [0, 0.05) is 5.56 Å². The first kappa shape index (κ1) is 18.9. The minimum atomic E-state index is -0.941. The summed E-state index contributed by atoms with van der Waals surface area (Å²) in [5.41, 5.74) is 4.20. The van der Waals surface area contributed by atoms with Crippen molar-refractivity contribution in [1.82, 2.24) is 0 Å². The lowest BCUT2D eigenvalue weighted by atomic mass is 9.81. The van der Waals surface area contributed by atoms with E-state index in [4.69, 9.17) is 4.74 Å². The molecule has 0 fully saturated rings. The van der Waals surface area contributed by atoms with E-state index in [1.54, 1.807) is 12.1 Å². The number of rotatable bonds is 4. The summed E-state index contributed by atoms with van der Waals surface area (Å²) >= 11 is 0. The van der Waals surface area contributed by atoms with Gasteiger partial charge in [0.15, 0.2) is 5.78 Å². The fourth-order valence-corrected chi connectivity index (χ4v) is 3.09. The van der Waals surface area contributed by atoms with Crippen LogP contribution in [0.25, 0.3) is 0 Å². The topological polar surface area (TPSA) is 43.4 Å². The maximum atomic E-state index is 13.2. The molecule has 132 valence electrons. The molecular weight excluding hydrogens is 312 g/mol. The predicted molar refractivity (Wildman–Crippen MR) is 100 cm³/mol. The molecule has 0 aromatic heterocycles. The number of hydrogen-bond donors (Lipinski definition) is 0. The molecule has 0 aliphatic rings. The van der Waals surface area contributed by atoms with Crippen LogP contribution >= 0.6 is 0 Å². The lowest BCUT2D eigenvalue weighted by molar-refractivity contribution is -0.141. The molecule has 0 spiro atoms. The zero-order chi connectivity index (χ0) is 18.8. The van der Waals surface area contributed by atoms with E-state index in [0.717, 1.165) is 11.1 Å². The van der Waals surface area contributed by atoms with Crippen LogP contribution < -0.4 is 0 Å². The van der Waals surface area contributed by atoms with Crippen LogP contribution in [0.1, 0.15) is 59.3 Å². The Bertz CT molecular complexity index is 760. The standard InChI is InChI=1S/C22H26O3/c1-14-12-17(22(3,4)5)13-15(2)18(14)20(23)19(21(24)25-6)16-10-8-7-9-11-16/h7-13,19H,1-6H3. The molecule has 1 unspecified atom stereocenters. The van der Waals surface area contributed by atoms with Crippen LogP contribution in [0.3, 0.4) is 0 Å². The minimum Gasteiger partial charge on any atom is -0.468 e. The van der Waals surface area contributed by atoms with Crippen molar-refractivity contribution in [1.29, 1.82) is 0 Å². The van der Waals surface area contributed by atoms with Crippen LogP contribution in [-0.4, -0.2) is 18.9 Å². The van der Waals surface area contributed by atoms with E-state index in [9.17, 15) is 9.59 Å². The van der Waals surface area contributed by atoms with Gasteiger partial charge in [0.05, 0.1) is 7.11 Å². The Morgan fingerprint density at radius 2 is 1.48 bits per heavy atom. The molecule has 0 radical (unpaired) electrons. The Morgan fingerprint density at radius 3 is 1.92 bits per heavy atom. The molecule has 3 heteroatoms. The van der Waals surface area contributed by atoms with Gasteiger partial charge in [-0.3, -0.25) is 9.59 Å². The molecule has 0 amide bonds. The number of esters is 1. The normalized spacial score (nSPS) is 12.6. The van der Waals surface area contributed by atoms with Gasteiger partial charge in [-0.25, -0.2) is 0 Å². The predicted octanol–water partition coefficient (Wildman–Crippen LogP) is 4.74. The summed E-state index contributed by atoms with van der Waals surface area (Å²) < 4.78 is 4.91. The molecule has 0 aliphatic heterocycles. The minimum absolute atomic E-state index is 0.00171. The molecule has 0 N–H and O–H groups in total. The third kappa shape index (κ3) is 3.98. The van der Waals surface area contributed by atoms with Gasteiger partial charge in [-0.1, -0.05) is 63.2 Å². The van der Waals surface area contributed by atoms with Crippen LogP contribution in [0.5, 0.6) is 0 Å². The Labute approximate surface area is 150 Å². The highest BCUT2D eigenvalue weighted by molar-refractivity contribution is 6.14. The van der Waals surface area contributed by atoms with Crippen LogP contribution in [0.15, 0.2) is 42.5 Å². The number of hydrogen-bond acceptors (Lipinski definition) is 3. The zero-order valence-electron chi connectivity index (χ0n) is 15.8. The van der Waals surface area contributed by atoms with Crippen molar-refractivity contribution in [3.8, 4) is 0 Å². The average molecular weight is 338 g/mol. The van der Waals surface area contributed by atoms with E-state index in [1.165, 1.54) is 12.7 Å². The summed E-state index contributed by atoms with van der Waals surface area (Å²) in [6, 6.07) is 13.2. The van der Waals surface area contributed by atoms with Gasteiger partial charge in [-0.05, 0) is 41.5 Å². The van der Waals surface area contributed by atoms with Gasteiger partial charge in [-0.15, -0.1) is 0 Å². The van der Waals surface area contributed by atoms with Crippen molar-refractivity contribution in [3.63, 3.8) is 0 Å². The number of carbonyl (C=O) groups excluding carboxylic acids is 2. The Kier molecular flexibility index (Phi) is 5.46. The first-order valence-electron chi connectivity index (χ1n) is 8.45. The van der Waals surface area contributed by atoms with Crippen LogP contribution in [0.2, 0.25) is 0 Å². The van der Waals surface area contributed by atoms with E-state index in [2.05, 4.69) is 20.8 Å². The zero-order valence-corrected chi connectivity index (χ0v) is 15.8. The third-order valence-corrected chi connectivity index (χ3v) is 4.48. The van der Waals surface area contributed by atoms with E-state index in [1.807, 2.05) is 44.2 Å². The van der Waals surface area contributed by atoms with Gasteiger partial charge in [0.25, 0.3) is 0 Å². The molecule has 2 aromatic carbocycles. The van der Waals surface area contributed by atoms with Crippen molar-refractivity contribution >= 4 is 11.8 Å². The van der Waals surface area contributed by atoms with Gasteiger partial charge in [0.2, 0.25) is 0 Å². The Morgan fingerprint density at radius 1 is 0.960 bits per heavy atom. The SMILES string of the molecule is COC(=O)C(C(=O)c1c(C)cc(C(C)(C)C)cc1C)c1ccccc1. The summed E-state index contributed by atoms with van der Waals surface area (Å²) in [4.78, 5) is 25.6. The lowest BCUT2D eigenvalue weighted by Gasteiger charge is -2.23. The molecular formula is C22H26O3. The molecule has 0 heterocycles. The number of aryl methyl sites for hydroxylation is 2. The number of methoxy groups -OCH3 is 1.